The van der Waals surface area contributed by atoms with Crippen LogP contribution in [0.5, 0.6) is 0 Å². The second-order valence-corrected chi connectivity index (χ2v) is 8.48. The number of aliphatic hydroxyl groups excluding tert-OH is 1. The maximum Gasteiger partial charge on any atom is 0.408 e. The van der Waals surface area contributed by atoms with E-state index in [-0.39, 0.29) is 12.5 Å². The summed E-state index contributed by atoms with van der Waals surface area (Å²) in [6.07, 6.45) is -0.804. The number of ether oxygens (including phenoxy) is 1. The number of thiophene rings is 1. The van der Waals surface area contributed by atoms with E-state index in [0.29, 0.717) is 4.88 Å². The van der Waals surface area contributed by atoms with E-state index in [4.69, 9.17) is 9.84 Å². The zero-order chi connectivity index (χ0) is 23.4. The van der Waals surface area contributed by atoms with Crippen molar-refractivity contribution in [1.82, 2.24) is 10.6 Å². The summed E-state index contributed by atoms with van der Waals surface area (Å²) < 4.78 is 5.51. The van der Waals surface area contributed by atoms with Crippen molar-refractivity contribution in [2.24, 2.45) is 0 Å². The Labute approximate surface area is 193 Å². The van der Waals surface area contributed by atoms with Crippen LogP contribution in [0, 0.1) is 0 Å². The van der Waals surface area contributed by atoms with Gasteiger partial charge in [-0.3, -0.25) is 4.79 Å². The number of aliphatic carboxylic acids is 1. The average molecular weight is 467 g/mol. The number of rotatable bonds is 8. The van der Waals surface area contributed by atoms with Crippen LogP contribution in [-0.2, 0) is 14.3 Å². The van der Waals surface area contributed by atoms with Gasteiger partial charge in [0.1, 0.15) is 18.7 Å². The quantitative estimate of drug-likeness (QED) is 0.405. The van der Waals surface area contributed by atoms with Crippen molar-refractivity contribution < 1.29 is 29.3 Å². The zero-order valence-electron chi connectivity index (χ0n) is 17.4. The van der Waals surface area contributed by atoms with E-state index in [0.717, 1.165) is 22.3 Å². The first-order valence-corrected chi connectivity index (χ1v) is 11.2. The Balaban J connectivity index is 1.46. The van der Waals surface area contributed by atoms with Gasteiger partial charge in [0.2, 0.25) is 5.91 Å². The zero-order valence-corrected chi connectivity index (χ0v) is 18.2. The van der Waals surface area contributed by atoms with Gasteiger partial charge in [-0.15, -0.1) is 11.3 Å². The fraction of sp³-hybridized carbons (Fsp3) is 0.208. The van der Waals surface area contributed by atoms with Crippen LogP contribution >= 0.6 is 11.3 Å². The van der Waals surface area contributed by atoms with Crippen LogP contribution in [0.3, 0.4) is 0 Å². The second-order valence-electron chi connectivity index (χ2n) is 7.50. The Morgan fingerprint density at radius 2 is 1.58 bits per heavy atom. The molecule has 1 aliphatic carbocycles. The lowest BCUT2D eigenvalue weighted by Crippen LogP contribution is -2.48. The molecule has 33 heavy (non-hydrogen) atoms. The molecule has 2 aromatic carbocycles. The summed E-state index contributed by atoms with van der Waals surface area (Å²) in [7, 11) is 0. The normalized spacial score (nSPS) is 14.0. The number of carbonyl (C=O) groups is 3. The van der Waals surface area contributed by atoms with Crippen molar-refractivity contribution in [3.63, 3.8) is 0 Å². The summed E-state index contributed by atoms with van der Waals surface area (Å²) in [5.41, 5.74) is 4.32. The summed E-state index contributed by atoms with van der Waals surface area (Å²) in [4.78, 5) is 37.0. The first-order valence-electron chi connectivity index (χ1n) is 10.3. The van der Waals surface area contributed by atoms with Crippen LogP contribution in [0.15, 0.2) is 66.0 Å². The van der Waals surface area contributed by atoms with E-state index in [9.17, 15) is 19.5 Å². The molecule has 170 valence electrons. The summed E-state index contributed by atoms with van der Waals surface area (Å²) >= 11 is 1.23. The Hall–Kier alpha value is -3.69. The predicted octanol–water partition coefficient (Wildman–Crippen LogP) is 2.89. The number of hydrogen-bond acceptors (Lipinski definition) is 6. The highest BCUT2D eigenvalue weighted by molar-refractivity contribution is 7.10. The van der Waals surface area contributed by atoms with Gasteiger partial charge in [-0.1, -0.05) is 54.6 Å². The van der Waals surface area contributed by atoms with Crippen molar-refractivity contribution in [3.05, 3.63) is 82.0 Å². The van der Waals surface area contributed by atoms with E-state index in [1.165, 1.54) is 11.3 Å². The number of carboxylic acid groups (broad SMARTS) is 1. The molecule has 9 heteroatoms. The van der Waals surface area contributed by atoms with Crippen molar-refractivity contribution in [2.75, 3.05) is 13.2 Å². The highest BCUT2D eigenvalue weighted by Gasteiger charge is 2.31. The fourth-order valence-corrected chi connectivity index (χ4v) is 4.69. The molecule has 0 fully saturated rings. The average Bonchev–Trinajstić information content (AvgIpc) is 3.46. The van der Waals surface area contributed by atoms with Crippen molar-refractivity contribution in [1.29, 1.82) is 0 Å². The van der Waals surface area contributed by atoms with Crippen LogP contribution in [0.25, 0.3) is 11.1 Å². The summed E-state index contributed by atoms with van der Waals surface area (Å²) in [5, 5.41) is 24.8. The van der Waals surface area contributed by atoms with E-state index in [1.807, 2.05) is 48.5 Å². The summed E-state index contributed by atoms with van der Waals surface area (Å²) in [6, 6.07) is 16.6. The van der Waals surface area contributed by atoms with Crippen LogP contribution in [0.4, 0.5) is 4.79 Å². The first kappa shape index (κ1) is 22.5. The fourth-order valence-electron chi connectivity index (χ4n) is 3.92. The number of amides is 2. The maximum atomic E-state index is 12.7. The first-order chi connectivity index (χ1) is 16.0. The molecule has 3 aromatic rings. The lowest BCUT2D eigenvalue weighted by molar-refractivity contribution is -0.143. The SMILES string of the molecule is O=C(NC(C(=O)NC(CO)C(=O)O)c1cccs1)OCC1c2ccccc2-c2ccccc21. The molecule has 1 aromatic heterocycles. The molecule has 0 aliphatic heterocycles. The van der Waals surface area contributed by atoms with Gasteiger partial charge in [-0.05, 0) is 33.7 Å². The van der Waals surface area contributed by atoms with Gasteiger partial charge in [0.15, 0.2) is 0 Å². The number of alkyl carbamates (subject to hydrolysis) is 1. The summed E-state index contributed by atoms with van der Waals surface area (Å²) in [5.74, 6) is -2.27. The number of carboxylic acids is 1. The number of carbonyl (C=O) groups excluding carboxylic acids is 2. The Kier molecular flexibility index (Phi) is 6.71. The molecule has 0 bridgehead atoms. The van der Waals surface area contributed by atoms with E-state index < -0.39 is 36.7 Å². The third kappa shape index (κ3) is 4.74. The van der Waals surface area contributed by atoms with Crippen LogP contribution < -0.4 is 10.6 Å². The smallest absolute Gasteiger partial charge is 0.408 e. The second kappa shape index (κ2) is 9.85. The van der Waals surface area contributed by atoms with E-state index in [2.05, 4.69) is 10.6 Å². The highest BCUT2D eigenvalue weighted by Crippen LogP contribution is 2.44. The Morgan fingerprint density at radius 3 is 2.12 bits per heavy atom. The molecule has 2 atom stereocenters. The van der Waals surface area contributed by atoms with Crippen molar-refractivity contribution >= 4 is 29.3 Å². The number of nitrogens with one attached hydrogen (secondary N) is 2. The third-order valence-electron chi connectivity index (χ3n) is 5.49. The minimum Gasteiger partial charge on any atom is -0.480 e. The number of hydrogen-bond donors (Lipinski definition) is 4. The summed E-state index contributed by atoms with van der Waals surface area (Å²) in [6.45, 7) is -0.698. The van der Waals surface area contributed by atoms with Crippen molar-refractivity contribution in [3.8, 4) is 11.1 Å². The Morgan fingerprint density at radius 1 is 0.939 bits per heavy atom. The topological polar surface area (TPSA) is 125 Å². The van der Waals surface area contributed by atoms with E-state index >= 15 is 0 Å². The molecule has 4 rings (SSSR count). The van der Waals surface area contributed by atoms with Crippen LogP contribution in [-0.4, -0.2) is 47.4 Å². The Bertz CT molecular complexity index is 1120. The molecule has 0 saturated carbocycles. The third-order valence-corrected chi connectivity index (χ3v) is 6.43. The van der Waals surface area contributed by atoms with Gasteiger partial charge < -0.3 is 25.6 Å². The molecule has 0 radical (unpaired) electrons. The molecule has 2 amide bonds. The standard InChI is InChI=1S/C24H22N2O6S/c27-12-19(23(29)30)25-22(28)21(20-10-5-11-33-20)26-24(31)32-13-18-16-8-3-1-6-14(16)15-7-2-4-9-17(15)18/h1-11,18-19,21,27H,12-13H2,(H,25,28)(H,26,31)(H,29,30). The molecule has 1 heterocycles. The highest BCUT2D eigenvalue weighted by atomic mass is 32.1. The molecular weight excluding hydrogens is 444 g/mol. The monoisotopic (exact) mass is 466 g/mol. The maximum absolute atomic E-state index is 12.7. The van der Waals surface area contributed by atoms with Gasteiger partial charge in [0.25, 0.3) is 0 Å². The van der Waals surface area contributed by atoms with Gasteiger partial charge in [-0.25, -0.2) is 9.59 Å². The number of benzene rings is 2. The largest absolute Gasteiger partial charge is 0.480 e. The van der Waals surface area contributed by atoms with Gasteiger partial charge in [0, 0.05) is 10.8 Å². The lowest BCUT2D eigenvalue weighted by atomic mass is 9.98. The van der Waals surface area contributed by atoms with Crippen LogP contribution in [0.1, 0.15) is 28.0 Å². The minimum absolute atomic E-state index is 0.0764. The number of fused-ring (bicyclic) bond motifs is 3. The van der Waals surface area contributed by atoms with Gasteiger partial charge in [0.05, 0.1) is 6.61 Å². The van der Waals surface area contributed by atoms with Crippen LogP contribution in [0.2, 0.25) is 0 Å². The van der Waals surface area contributed by atoms with Gasteiger partial charge >= 0.3 is 12.1 Å². The predicted molar refractivity (Wildman–Crippen MR) is 122 cm³/mol. The molecular formula is C24H22N2O6S. The molecule has 1 aliphatic rings. The molecule has 4 N–H and O–H groups in total. The van der Waals surface area contributed by atoms with E-state index in [1.54, 1.807) is 17.5 Å². The lowest BCUT2D eigenvalue weighted by Gasteiger charge is -2.20. The molecule has 0 saturated heterocycles. The van der Waals surface area contributed by atoms with Crippen molar-refractivity contribution in [2.45, 2.75) is 18.0 Å². The number of aliphatic hydroxyl groups is 1. The molecule has 0 spiro atoms. The molecule has 2 unspecified atom stereocenters. The minimum atomic E-state index is -1.48. The van der Waals surface area contributed by atoms with Gasteiger partial charge in [-0.2, -0.15) is 0 Å². The molecule has 8 nitrogen and oxygen atoms in total.